The summed E-state index contributed by atoms with van der Waals surface area (Å²) >= 11 is 5.49. The lowest BCUT2D eigenvalue weighted by molar-refractivity contribution is 0.102. The van der Waals surface area contributed by atoms with Crippen LogP contribution in [-0.2, 0) is 0 Å². The van der Waals surface area contributed by atoms with Gasteiger partial charge in [0, 0.05) is 17.3 Å². The van der Waals surface area contributed by atoms with Gasteiger partial charge in [0.2, 0.25) is 0 Å². The van der Waals surface area contributed by atoms with Gasteiger partial charge in [-0.05, 0) is 79.7 Å². The van der Waals surface area contributed by atoms with E-state index >= 15 is 0 Å². The average Bonchev–Trinajstić information content (AvgIpc) is 2.77. The van der Waals surface area contributed by atoms with Gasteiger partial charge in [0.1, 0.15) is 11.5 Å². The van der Waals surface area contributed by atoms with Crippen LogP contribution < -0.4 is 20.3 Å². The van der Waals surface area contributed by atoms with Crippen molar-refractivity contribution in [2.75, 3.05) is 19.5 Å². The first-order valence-corrected chi connectivity index (χ1v) is 10.6. The van der Waals surface area contributed by atoms with Crippen LogP contribution in [0.3, 0.4) is 0 Å². The predicted molar refractivity (Wildman–Crippen MR) is 132 cm³/mol. The zero-order valence-corrected chi connectivity index (χ0v) is 19.5. The minimum absolute atomic E-state index is 0.172. The largest absolute Gasteiger partial charge is 0.497 e. The number of aromatic nitrogens is 2. The van der Waals surface area contributed by atoms with Crippen LogP contribution in [0.15, 0.2) is 59.4 Å². The van der Waals surface area contributed by atoms with Crippen molar-refractivity contribution in [1.82, 2.24) is 9.55 Å². The van der Waals surface area contributed by atoms with E-state index in [9.17, 15) is 9.59 Å². The molecule has 0 radical (unpaired) electrons. The maximum Gasteiger partial charge on any atom is 0.266 e. The minimum atomic E-state index is -0.332. The molecule has 0 atom stereocenters. The Hall–Kier alpha value is -3.91. The number of aryl methyl sites for hydroxylation is 2. The van der Waals surface area contributed by atoms with Gasteiger partial charge in [0.05, 0.1) is 30.8 Å². The monoisotopic (exact) mass is 461 g/mol. The molecule has 0 bridgehead atoms. The second-order valence-electron chi connectivity index (χ2n) is 7.70. The zero-order valence-electron chi connectivity index (χ0n) is 18.7. The Balaban J connectivity index is 1.78. The Morgan fingerprint density at radius 2 is 1.70 bits per heavy atom. The van der Waals surface area contributed by atoms with Crippen LogP contribution in [0.1, 0.15) is 21.5 Å². The van der Waals surface area contributed by atoms with E-state index in [1.165, 1.54) is 11.7 Å². The number of ether oxygens (including phenoxy) is 2. The van der Waals surface area contributed by atoms with E-state index in [-0.39, 0.29) is 16.2 Å². The van der Waals surface area contributed by atoms with Crippen molar-refractivity contribution >= 4 is 34.7 Å². The second kappa shape index (κ2) is 8.91. The number of hydrogen-bond donors (Lipinski definition) is 2. The average molecular weight is 462 g/mol. The fourth-order valence-electron chi connectivity index (χ4n) is 3.80. The van der Waals surface area contributed by atoms with Gasteiger partial charge in [-0.15, -0.1) is 0 Å². The van der Waals surface area contributed by atoms with Gasteiger partial charge in [-0.1, -0.05) is 6.07 Å². The predicted octanol–water partition coefficient (Wildman–Crippen LogP) is 4.93. The van der Waals surface area contributed by atoms with E-state index in [0.717, 1.165) is 11.1 Å². The molecule has 0 saturated heterocycles. The van der Waals surface area contributed by atoms with Gasteiger partial charge in [-0.25, -0.2) is 4.57 Å². The fraction of sp³-hybridized carbons (Fsp3) is 0.160. The molecule has 0 fully saturated rings. The summed E-state index contributed by atoms with van der Waals surface area (Å²) in [6.45, 7) is 3.95. The summed E-state index contributed by atoms with van der Waals surface area (Å²) in [4.78, 5) is 29.2. The van der Waals surface area contributed by atoms with Gasteiger partial charge in [0.25, 0.3) is 11.5 Å². The van der Waals surface area contributed by atoms with E-state index in [1.807, 2.05) is 32.0 Å². The van der Waals surface area contributed by atoms with E-state index in [0.29, 0.717) is 39.3 Å². The van der Waals surface area contributed by atoms with Crippen molar-refractivity contribution in [2.24, 2.45) is 0 Å². The maximum absolute atomic E-state index is 13.3. The number of nitrogens with one attached hydrogen (secondary N) is 2. The SMILES string of the molecule is COc1ccc(OC)c(-n2c(=S)[nH]c3cc(C(=O)Nc4cc(C)cc(C)c4)ccc3c2=O)c1. The number of benzene rings is 3. The quantitative estimate of drug-likeness (QED) is 0.412. The number of amides is 1. The van der Waals surface area contributed by atoms with E-state index in [2.05, 4.69) is 10.3 Å². The highest BCUT2D eigenvalue weighted by Crippen LogP contribution is 2.27. The Kier molecular flexibility index (Phi) is 6.02. The highest BCUT2D eigenvalue weighted by molar-refractivity contribution is 7.71. The first kappa shape index (κ1) is 22.3. The molecule has 1 heterocycles. The summed E-state index contributed by atoms with van der Waals surface area (Å²) in [5, 5.41) is 3.29. The number of carbonyl (C=O) groups is 1. The third-order valence-corrected chi connectivity index (χ3v) is 5.55. The molecule has 4 rings (SSSR count). The lowest BCUT2D eigenvalue weighted by Crippen LogP contribution is -2.21. The van der Waals surface area contributed by atoms with Crippen molar-refractivity contribution < 1.29 is 14.3 Å². The third-order valence-electron chi connectivity index (χ3n) is 5.27. The molecule has 168 valence electrons. The summed E-state index contributed by atoms with van der Waals surface area (Å²) in [5.74, 6) is 0.756. The van der Waals surface area contributed by atoms with E-state index < -0.39 is 0 Å². The normalized spacial score (nSPS) is 10.8. The molecule has 3 aromatic carbocycles. The number of anilines is 1. The fourth-order valence-corrected chi connectivity index (χ4v) is 4.09. The first-order chi connectivity index (χ1) is 15.8. The lowest BCUT2D eigenvalue weighted by atomic mass is 10.1. The number of nitrogens with zero attached hydrogens (tertiary/aromatic N) is 1. The van der Waals surface area contributed by atoms with Crippen LogP contribution >= 0.6 is 12.2 Å². The van der Waals surface area contributed by atoms with Gasteiger partial charge < -0.3 is 19.8 Å². The van der Waals surface area contributed by atoms with Crippen LogP contribution in [0.5, 0.6) is 11.5 Å². The standard InChI is InChI=1S/C25H23N3O4S/c1-14-9-15(2)11-17(10-14)26-23(29)16-5-7-19-20(12-16)27-25(33)28(24(19)30)21-13-18(31-3)6-8-22(21)32-4/h5-13H,1-4H3,(H,26,29)(H,27,33). The first-order valence-electron chi connectivity index (χ1n) is 10.2. The van der Waals surface area contributed by atoms with Crippen molar-refractivity contribution in [3.8, 4) is 17.2 Å². The second-order valence-corrected chi connectivity index (χ2v) is 8.09. The molecule has 4 aromatic rings. The minimum Gasteiger partial charge on any atom is -0.497 e. The number of rotatable bonds is 5. The maximum atomic E-state index is 13.3. The molecule has 0 unspecified atom stereocenters. The third kappa shape index (κ3) is 4.38. The molecule has 1 amide bonds. The van der Waals surface area contributed by atoms with Gasteiger partial charge >= 0.3 is 0 Å². The summed E-state index contributed by atoms with van der Waals surface area (Å²) in [5.41, 5.74) is 3.83. The Morgan fingerprint density at radius 1 is 0.970 bits per heavy atom. The molecule has 33 heavy (non-hydrogen) atoms. The number of H-pyrrole nitrogens is 1. The summed E-state index contributed by atoms with van der Waals surface area (Å²) in [6.07, 6.45) is 0. The van der Waals surface area contributed by atoms with E-state index in [4.69, 9.17) is 21.7 Å². The summed E-state index contributed by atoms with van der Waals surface area (Å²) in [6, 6.07) is 15.8. The van der Waals surface area contributed by atoms with Gasteiger partial charge in [0.15, 0.2) is 4.77 Å². The van der Waals surface area contributed by atoms with Gasteiger partial charge in [-0.2, -0.15) is 0 Å². The molecule has 0 aliphatic carbocycles. The highest BCUT2D eigenvalue weighted by Gasteiger charge is 2.15. The molecule has 0 aliphatic heterocycles. The smallest absolute Gasteiger partial charge is 0.266 e. The summed E-state index contributed by atoms with van der Waals surface area (Å²) in [7, 11) is 3.06. The number of hydrogen-bond acceptors (Lipinski definition) is 5. The number of fused-ring (bicyclic) bond motifs is 1. The molecular weight excluding hydrogens is 438 g/mol. The molecule has 7 nitrogen and oxygen atoms in total. The lowest BCUT2D eigenvalue weighted by Gasteiger charge is -2.14. The zero-order chi connectivity index (χ0) is 23.7. The summed E-state index contributed by atoms with van der Waals surface area (Å²) < 4.78 is 12.2. The number of aromatic amines is 1. The molecule has 8 heteroatoms. The van der Waals surface area contributed by atoms with E-state index in [1.54, 1.807) is 43.5 Å². The number of methoxy groups -OCH3 is 2. The van der Waals surface area contributed by atoms with Crippen molar-refractivity contribution in [1.29, 1.82) is 0 Å². The molecular formula is C25H23N3O4S. The van der Waals surface area contributed by atoms with Gasteiger partial charge in [-0.3, -0.25) is 9.59 Å². The van der Waals surface area contributed by atoms with Crippen LogP contribution in [-0.4, -0.2) is 29.7 Å². The Morgan fingerprint density at radius 3 is 2.36 bits per heavy atom. The molecule has 0 spiro atoms. The topological polar surface area (TPSA) is 85.3 Å². The molecule has 0 aliphatic rings. The van der Waals surface area contributed by atoms with Crippen LogP contribution in [0, 0.1) is 18.6 Å². The van der Waals surface area contributed by atoms with Crippen LogP contribution in [0.4, 0.5) is 5.69 Å². The van der Waals surface area contributed by atoms with Crippen molar-refractivity contribution in [2.45, 2.75) is 13.8 Å². The van der Waals surface area contributed by atoms with Crippen LogP contribution in [0.25, 0.3) is 16.6 Å². The highest BCUT2D eigenvalue weighted by atomic mass is 32.1. The molecule has 2 N–H and O–H groups in total. The molecule has 1 aromatic heterocycles. The molecule has 0 saturated carbocycles. The van der Waals surface area contributed by atoms with Crippen LogP contribution in [0.2, 0.25) is 0 Å². The van der Waals surface area contributed by atoms with Crippen molar-refractivity contribution in [3.63, 3.8) is 0 Å². The Bertz CT molecular complexity index is 1480. The van der Waals surface area contributed by atoms with Crippen molar-refractivity contribution in [3.05, 3.63) is 86.4 Å². The number of carbonyl (C=O) groups excluding carboxylic acids is 1. The Labute approximate surface area is 195 Å².